The van der Waals surface area contributed by atoms with Gasteiger partial charge in [-0.1, -0.05) is 11.6 Å². The quantitative estimate of drug-likeness (QED) is 0.838. The lowest BCUT2D eigenvalue weighted by atomic mass is 10.0. The molecule has 0 aliphatic rings. The Bertz CT molecular complexity index is 434. The minimum absolute atomic E-state index is 0.0447. The van der Waals surface area contributed by atoms with Crippen molar-refractivity contribution in [3.63, 3.8) is 0 Å². The number of esters is 1. The van der Waals surface area contributed by atoms with E-state index >= 15 is 0 Å². The van der Waals surface area contributed by atoms with Gasteiger partial charge in [-0.05, 0) is 23.8 Å². The first-order valence-electron chi connectivity index (χ1n) is 4.47. The predicted octanol–water partition coefficient (Wildman–Crippen LogP) is 2.53. The molecule has 3 nitrogen and oxygen atoms in total. The van der Waals surface area contributed by atoms with Gasteiger partial charge in [-0.15, -0.1) is 0 Å². The number of methoxy groups -OCH3 is 1. The van der Waals surface area contributed by atoms with E-state index in [9.17, 15) is 18.0 Å². The number of benzene rings is 1. The van der Waals surface area contributed by atoms with Crippen LogP contribution in [0.15, 0.2) is 18.2 Å². The molecule has 0 amide bonds. The first-order valence-corrected chi connectivity index (χ1v) is 4.84. The summed E-state index contributed by atoms with van der Waals surface area (Å²) in [6.07, 6.45) is -4.55. The summed E-state index contributed by atoms with van der Waals surface area (Å²) in [5.74, 6) is -0.833. The number of hydrogen-bond donors (Lipinski definition) is 1. The van der Waals surface area contributed by atoms with Gasteiger partial charge in [0.05, 0.1) is 12.7 Å². The third-order valence-electron chi connectivity index (χ3n) is 2.06. The molecule has 94 valence electrons. The van der Waals surface area contributed by atoms with Gasteiger partial charge in [-0.2, -0.15) is 13.2 Å². The second-order valence-corrected chi connectivity index (χ2v) is 3.71. The second kappa shape index (κ2) is 4.93. The van der Waals surface area contributed by atoms with Gasteiger partial charge < -0.3 is 10.5 Å². The van der Waals surface area contributed by atoms with Gasteiger partial charge in [-0.25, -0.2) is 0 Å². The van der Waals surface area contributed by atoms with Crippen molar-refractivity contribution in [3.05, 3.63) is 34.3 Å². The fourth-order valence-corrected chi connectivity index (χ4v) is 1.46. The molecule has 0 aromatic heterocycles. The van der Waals surface area contributed by atoms with Crippen LogP contribution in [0, 0.1) is 0 Å². The number of halogens is 4. The van der Waals surface area contributed by atoms with Gasteiger partial charge in [-0.3, -0.25) is 4.79 Å². The van der Waals surface area contributed by atoms with E-state index in [0.29, 0.717) is 0 Å². The van der Waals surface area contributed by atoms with Crippen LogP contribution in [0.25, 0.3) is 0 Å². The number of rotatable bonds is 2. The molecular weight excluding hydrogens is 259 g/mol. The third-order valence-corrected chi connectivity index (χ3v) is 2.28. The van der Waals surface area contributed by atoms with Crippen molar-refractivity contribution in [3.8, 4) is 0 Å². The van der Waals surface area contributed by atoms with Crippen molar-refractivity contribution < 1.29 is 22.7 Å². The molecule has 1 rings (SSSR count). The fourth-order valence-electron chi connectivity index (χ4n) is 1.22. The monoisotopic (exact) mass is 267 g/mol. The molecule has 0 fully saturated rings. The van der Waals surface area contributed by atoms with Crippen molar-refractivity contribution >= 4 is 17.6 Å². The van der Waals surface area contributed by atoms with Gasteiger partial charge in [0.1, 0.15) is 6.04 Å². The van der Waals surface area contributed by atoms with Gasteiger partial charge in [0.2, 0.25) is 0 Å². The highest BCUT2D eigenvalue weighted by Crippen LogP contribution is 2.33. The molecule has 0 aliphatic heterocycles. The Balaban J connectivity index is 3.18. The van der Waals surface area contributed by atoms with Crippen LogP contribution in [-0.2, 0) is 15.7 Å². The Morgan fingerprint density at radius 3 is 2.47 bits per heavy atom. The molecule has 2 N–H and O–H groups in total. The summed E-state index contributed by atoms with van der Waals surface area (Å²) in [6, 6.07) is 1.43. The van der Waals surface area contributed by atoms with Crippen LogP contribution in [0.3, 0.4) is 0 Å². The zero-order valence-corrected chi connectivity index (χ0v) is 9.47. The maximum atomic E-state index is 12.5. The lowest BCUT2D eigenvalue weighted by molar-refractivity contribution is -0.143. The average Bonchev–Trinajstić information content (AvgIpc) is 2.25. The molecule has 0 aliphatic carbocycles. The zero-order valence-electron chi connectivity index (χ0n) is 8.72. The Morgan fingerprint density at radius 1 is 1.41 bits per heavy atom. The molecule has 0 saturated carbocycles. The maximum absolute atomic E-state index is 12.5. The van der Waals surface area contributed by atoms with E-state index in [4.69, 9.17) is 17.3 Å². The Kier molecular flexibility index (Phi) is 4.00. The molecule has 0 saturated heterocycles. The van der Waals surface area contributed by atoms with Crippen molar-refractivity contribution in [2.75, 3.05) is 7.11 Å². The summed E-state index contributed by atoms with van der Waals surface area (Å²) in [5.41, 5.74) is 4.43. The summed E-state index contributed by atoms with van der Waals surface area (Å²) in [7, 11) is 1.09. The average molecular weight is 268 g/mol. The normalized spacial score (nSPS) is 13.3. The van der Waals surface area contributed by atoms with Crippen LogP contribution >= 0.6 is 11.6 Å². The Hall–Kier alpha value is -1.27. The molecule has 7 heteroatoms. The predicted molar refractivity (Wildman–Crippen MR) is 55.4 cm³/mol. The second-order valence-electron chi connectivity index (χ2n) is 3.27. The summed E-state index contributed by atoms with van der Waals surface area (Å²) in [5, 5.41) is -0.144. The summed E-state index contributed by atoms with van der Waals surface area (Å²) in [4.78, 5) is 11.1. The lowest BCUT2D eigenvalue weighted by Crippen LogP contribution is -2.23. The molecule has 1 aromatic rings. The Morgan fingerprint density at radius 2 is 2.00 bits per heavy atom. The van der Waals surface area contributed by atoms with E-state index in [1.165, 1.54) is 6.07 Å². The van der Waals surface area contributed by atoms with Crippen LogP contribution < -0.4 is 5.73 Å². The number of alkyl halides is 3. The van der Waals surface area contributed by atoms with Gasteiger partial charge >= 0.3 is 12.1 Å². The summed E-state index contributed by atoms with van der Waals surface area (Å²) < 4.78 is 41.8. The van der Waals surface area contributed by atoms with Gasteiger partial charge in [0.15, 0.2) is 0 Å². The molecule has 1 aromatic carbocycles. The summed E-state index contributed by atoms with van der Waals surface area (Å²) in [6.45, 7) is 0. The summed E-state index contributed by atoms with van der Waals surface area (Å²) >= 11 is 5.54. The van der Waals surface area contributed by atoms with Crippen molar-refractivity contribution in [2.24, 2.45) is 5.73 Å². The lowest BCUT2D eigenvalue weighted by Gasteiger charge is -2.13. The number of nitrogens with two attached hydrogens (primary N) is 1. The van der Waals surface area contributed by atoms with Crippen LogP contribution in [0.5, 0.6) is 0 Å². The zero-order chi connectivity index (χ0) is 13.2. The molecule has 0 heterocycles. The first kappa shape index (κ1) is 13.8. The molecule has 17 heavy (non-hydrogen) atoms. The smallest absolute Gasteiger partial charge is 0.416 e. The van der Waals surface area contributed by atoms with Crippen molar-refractivity contribution in [1.29, 1.82) is 0 Å². The Labute approximate surface area is 100 Å². The largest absolute Gasteiger partial charge is 0.468 e. The van der Waals surface area contributed by atoms with E-state index < -0.39 is 23.8 Å². The van der Waals surface area contributed by atoms with E-state index in [-0.39, 0.29) is 10.6 Å². The number of carbonyl (C=O) groups excluding carboxylic acids is 1. The molecule has 1 atom stereocenters. The highest BCUT2D eigenvalue weighted by Gasteiger charge is 2.32. The maximum Gasteiger partial charge on any atom is 0.416 e. The fraction of sp³-hybridized carbons (Fsp3) is 0.300. The SMILES string of the molecule is COC(=O)C(N)c1cc(Cl)cc(C(F)(F)F)c1. The minimum atomic E-state index is -4.55. The van der Waals surface area contributed by atoms with E-state index in [1.54, 1.807) is 0 Å². The van der Waals surface area contributed by atoms with Gasteiger partial charge in [0.25, 0.3) is 0 Å². The third kappa shape index (κ3) is 3.34. The van der Waals surface area contributed by atoms with Crippen LogP contribution in [-0.4, -0.2) is 13.1 Å². The highest BCUT2D eigenvalue weighted by molar-refractivity contribution is 6.30. The molecule has 0 bridgehead atoms. The topological polar surface area (TPSA) is 52.3 Å². The van der Waals surface area contributed by atoms with E-state index in [0.717, 1.165) is 19.2 Å². The van der Waals surface area contributed by atoms with Gasteiger partial charge in [0, 0.05) is 5.02 Å². The molecule has 0 radical (unpaired) electrons. The van der Waals surface area contributed by atoms with E-state index in [1.807, 2.05) is 0 Å². The number of hydrogen-bond acceptors (Lipinski definition) is 3. The van der Waals surface area contributed by atoms with Crippen LogP contribution in [0.4, 0.5) is 13.2 Å². The molecular formula is C10H9ClF3NO2. The van der Waals surface area contributed by atoms with E-state index in [2.05, 4.69) is 4.74 Å². The van der Waals surface area contributed by atoms with Crippen LogP contribution in [0.2, 0.25) is 5.02 Å². The highest BCUT2D eigenvalue weighted by atomic mass is 35.5. The number of ether oxygens (including phenoxy) is 1. The minimum Gasteiger partial charge on any atom is -0.468 e. The standard InChI is InChI=1S/C10H9ClF3NO2/c1-17-9(16)8(15)5-2-6(10(12,13)14)4-7(11)3-5/h2-4,8H,15H2,1H3. The van der Waals surface area contributed by atoms with Crippen LogP contribution in [0.1, 0.15) is 17.2 Å². The van der Waals surface area contributed by atoms with Crippen molar-refractivity contribution in [2.45, 2.75) is 12.2 Å². The molecule has 0 spiro atoms. The molecule has 1 unspecified atom stereocenters. The first-order chi connectivity index (χ1) is 7.75. The van der Waals surface area contributed by atoms with Crippen molar-refractivity contribution in [1.82, 2.24) is 0 Å². The number of carbonyl (C=O) groups is 1.